The number of nitrogens with one attached hydrogen (secondary N) is 2. The van der Waals surface area contributed by atoms with E-state index >= 15 is 0 Å². The average molecular weight is 275 g/mol. The van der Waals surface area contributed by atoms with Crippen molar-refractivity contribution < 1.29 is 4.79 Å². The zero-order valence-corrected chi connectivity index (χ0v) is 12.6. The van der Waals surface area contributed by atoms with Crippen LogP contribution >= 0.6 is 0 Å². The molecule has 4 heteroatoms. The summed E-state index contributed by atoms with van der Waals surface area (Å²) in [4.78, 5) is 14.5. The van der Waals surface area contributed by atoms with Gasteiger partial charge >= 0.3 is 0 Å². The molecule has 4 nitrogen and oxygen atoms in total. The fraction of sp³-hybridized carbons (Fsp3) is 0.562. The van der Waals surface area contributed by atoms with Gasteiger partial charge in [-0.15, -0.1) is 0 Å². The van der Waals surface area contributed by atoms with Crippen LogP contribution in [0.1, 0.15) is 26.7 Å². The molecule has 0 bridgehead atoms. The Balaban J connectivity index is 1.82. The van der Waals surface area contributed by atoms with Crippen molar-refractivity contribution in [1.29, 1.82) is 0 Å². The van der Waals surface area contributed by atoms with Gasteiger partial charge in [-0.05, 0) is 52.4 Å². The van der Waals surface area contributed by atoms with Gasteiger partial charge in [0, 0.05) is 17.8 Å². The van der Waals surface area contributed by atoms with Crippen molar-refractivity contribution in [2.45, 2.75) is 44.8 Å². The van der Waals surface area contributed by atoms with E-state index < -0.39 is 0 Å². The third kappa shape index (κ3) is 4.05. The first kappa shape index (κ1) is 15.0. The number of amides is 1. The van der Waals surface area contributed by atoms with Gasteiger partial charge in [0.15, 0.2) is 0 Å². The largest absolute Gasteiger partial charge is 0.325 e. The summed E-state index contributed by atoms with van der Waals surface area (Å²) in [5, 5.41) is 6.39. The van der Waals surface area contributed by atoms with Crippen LogP contribution in [0.15, 0.2) is 30.3 Å². The van der Waals surface area contributed by atoms with Crippen LogP contribution in [0.2, 0.25) is 0 Å². The lowest BCUT2D eigenvalue weighted by Crippen LogP contribution is -2.50. The molecule has 1 saturated heterocycles. The molecule has 1 fully saturated rings. The van der Waals surface area contributed by atoms with Gasteiger partial charge in [0.2, 0.25) is 5.91 Å². The van der Waals surface area contributed by atoms with E-state index in [9.17, 15) is 4.79 Å². The number of hydrogen-bond acceptors (Lipinski definition) is 3. The standard InChI is InChI=1S/C16H25N3O/c1-12-11-15(9-10-19(12)3)17-13(2)16(20)18-14-7-5-4-6-8-14/h4-8,12-13,15,17H,9-11H2,1-3H3,(H,18,20). The summed E-state index contributed by atoms with van der Waals surface area (Å²) in [5.74, 6) is 0.0304. The van der Waals surface area contributed by atoms with Crippen molar-refractivity contribution >= 4 is 11.6 Å². The Morgan fingerprint density at radius 1 is 1.35 bits per heavy atom. The van der Waals surface area contributed by atoms with Gasteiger partial charge in [0.05, 0.1) is 6.04 Å². The van der Waals surface area contributed by atoms with Gasteiger partial charge < -0.3 is 15.5 Å². The van der Waals surface area contributed by atoms with Crippen LogP contribution in [0.5, 0.6) is 0 Å². The predicted octanol–water partition coefficient (Wildman–Crippen LogP) is 2.09. The number of para-hydroxylation sites is 1. The first-order valence-electron chi connectivity index (χ1n) is 7.38. The Morgan fingerprint density at radius 2 is 2.05 bits per heavy atom. The number of piperidine rings is 1. The minimum atomic E-state index is -0.171. The van der Waals surface area contributed by atoms with Crippen molar-refractivity contribution in [3.63, 3.8) is 0 Å². The highest BCUT2D eigenvalue weighted by molar-refractivity contribution is 5.94. The molecule has 1 aliphatic heterocycles. The highest BCUT2D eigenvalue weighted by Crippen LogP contribution is 2.16. The van der Waals surface area contributed by atoms with E-state index in [4.69, 9.17) is 0 Å². The Kier molecular flexibility index (Phi) is 5.15. The van der Waals surface area contributed by atoms with Gasteiger partial charge in [-0.1, -0.05) is 18.2 Å². The van der Waals surface area contributed by atoms with Gasteiger partial charge in [-0.25, -0.2) is 0 Å². The monoisotopic (exact) mass is 275 g/mol. The third-order valence-electron chi connectivity index (χ3n) is 4.13. The van der Waals surface area contributed by atoms with Crippen molar-refractivity contribution in [3.05, 3.63) is 30.3 Å². The molecule has 1 aliphatic rings. The second kappa shape index (κ2) is 6.86. The molecule has 2 rings (SSSR count). The summed E-state index contributed by atoms with van der Waals surface area (Å²) < 4.78 is 0. The topological polar surface area (TPSA) is 44.4 Å². The van der Waals surface area contributed by atoms with Gasteiger partial charge in [-0.3, -0.25) is 4.79 Å². The molecule has 110 valence electrons. The maximum atomic E-state index is 12.1. The van der Waals surface area contributed by atoms with E-state index in [2.05, 4.69) is 29.5 Å². The average Bonchev–Trinajstić information content (AvgIpc) is 2.44. The number of likely N-dealkylation sites (tertiary alicyclic amines) is 1. The third-order valence-corrected chi connectivity index (χ3v) is 4.13. The lowest BCUT2D eigenvalue weighted by atomic mass is 9.98. The van der Waals surface area contributed by atoms with Crippen LogP contribution in [-0.2, 0) is 4.79 Å². The van der Waals surface area contributed by atoms with Gasteiger partial charge in [0.25, 0.3) is 0 Å². The molecule has 20 heavy (non-hydrogen) atoms. The Bertz CT molecular complexity index is 435. The minimum Gasteiger partial charge on any atom is -0.325 e. The Labute approximate surface area is 121 Å². The van der Waals surface area contributed by atoms with Crippen LogP contribution < -0.4 is 10.6 Å². The molecule has 2 N–H and O–H groups in total. The second-order valence-corrected chi connectivity index (χ2v) is 5.79. The SMILES string of the molecule is CC(NC1CCN(C)C(C)C1)C(=O)Nc1ccccc1. The lowest BCUT2D eigenvalue weighted by molar-refractivity contribution is -0.118. The van der Waals surface area contributed by atoms with Crippen molar-refractivity contribution in [2.75, 3.05) is 18.9 Å². The van der Waals surface area contributed by atoms with E-state index in [1.807, 2.05) is 37.3 Å². The number of hydrogen-bond donors (Lipinski definition) is 2. The maximum absolute atomic E-state index is 12.1. The highest BCUT2D eigenvalue weighted by Gasteiger charge is 2.25. The van der Waals surface area contributed by atoms with E-state index in [-0.39, 0.29) is 11.9 Å². The molecular formula is C16H25N3O. The molecule has 0 saturated carbocycles. The number of benzene rings is 1. The number of anilines is 1. The van der Waals surface area contributed by atoms with Crippen molar-refractivity contribution in [2.24, 2.45) is 0 Å². The summed E-state index contributed by atoms with van der Waals surface area (Å²) in [6.45, 7) is 5.26. The normalized spacial score (nSPS) is 25.1. The molecule has 0 radical (unpaired) electrons. The highest BCUT2D eigenvalue weighted by atomic mass is 16.2. The number of nitrogens with zero attached hydrogens (tertiary/aromatic N) is 1. The van der Waals surface area contributed by atoms with E-state index in [0.717, 1.165) is 25.1 Å². The second-order valence-electron chi connectivity index (χ2n) is 5.79. The molecule has 1 amide bonds. The van der Waals surface area contributed by atoms with Crippen molar-refractivity contribution in [3.8, 4) is 0 Å². The van der Waals surface area contributed by atoms with Crippen LogP contribution in [0.4, 0.5) is 5.69 Å². The van der Waals surface area contributed by atoms with Crippen LogP contribution in [-0.4, -0.2) is 42.5 Å². The molecule has 1 heterocycles. The Morgan fingerprint density at radius 3 is 2.70 bits per heavy atom. The molecule has 1 aromatic rings. The van der Waals surface area contributed by atoms with Crippen molar-refractivity contribution in [1.82, 2.24) is 10.2 Å². The number of rotatable bonds is 4. The maximum Gasteiger partial charge on any atom is 0.241 e. The first-order valence-corrected chi connectivity index (χ1v) is 7.38. The van der Waals surface area contributed by atoms with E-state index in [1.54, 1.807) is 0 Å². The molecule has 0 aliphatic carbocycles. The number of carbonyl (C=O) groups is 1. The number of carbonyl (C=O) groups excluding carboxylic acids is 1. The summed E-state index contributed by atoms with van der Waals surface area (Å²) in [6, 6.07) is 10.4. The quantitative estimate of drug-likeness (QED) is 0.884. The molecule has 3 unspecified atom stereocenters. The zero-order chi connectivity index (χ0) is 14.5. The van der Waals surface area contributed by atoms with Gasteiger partial charge in [-0.2, -0.15) is 0 Å². The van der Waals surface area contributed by atoms with Gasteiger partial charge in [0.1, 0.15) is 0 Å². The zero-order valence-electron chi connectivity index (χ0n) is 12.6. The smallest absolute Gasteiger partial charge is 0.241 e. The lowest BCUT2D eigenvalue weighted by Gasteiger charge is -2.36. The fourth-order valence-electron chi connectivity index (χ4n) is 2.64. The molecular weight excluding hydrogens is 250 g/mol. The summed E-state index contributed by atoms with van der Waals surface area (Å²) in [6.07, 6.45) is 2.20. The van der Waals surface area contributed by atoms with E-state index in [0.29, 0.717) is 12.1 Å². The minimum absolute atomic E-state index is 0.0304. The van der Waals surface area contributed by atoms with Crippen LogP contribution in [0, 0.1) is 0 Å². The molecule has 1 aromatic carbocycles. The fourth-order valence-corrected chi connectivity index (χ4v) is 2.64. The first-order chi connectivity index (χ1) is 9.56. The summed E-state index contributed by atoms with van der Waals surface area (Å²) in [5.41, 5.74) is 0.850. The van der Waals surface area contributed by atoms with Crippen LogP contribution in [0.3, 0.4) is 0 Å². The predicted molar refractivity (Wildman–Crippen MR) is 82.8 cm³/mol. The summed E-state index contributed by atoms with van der Waals surface area (Å²) in [7, 11) is 2.16. The molecule has 0 aromatic heterocycles. The summed E-state index contributed by atoms with van der Waals surface area (Å²) >= 11 is 0. The van der Waals surface area contributed by atoms with E-state index in [1.165, 1.54) is 0 Å². The molecule has 3 atom stereocenters. The van der Waals surface area contributed by atoms with Crippen LogP contribution in [0.25, 0.3) is 0 Å². The molecule has 0 spiro atoms. The Hall–Kier alpha value is -1.39.